The van der Waals surface area contributed by atoms with Gasteiger partial charge in [0.15, 0.2) is 0 Å². The van der Waals surface area contributed by atoms with E-state index < -0.39 is 0 Å². The Kier molecular flexibility index (Phi) is 6.49. The molecule has 1 heterocycles. The minimum absolute atomic E-state index is 0.127. The molecule has 0 aliphatic heterocycles. The standard InChI is InChI=1S/C15H28ClN3O/c1-7-8-17-12(10-20-15(3,4)5)9-13-14(16)11(2)18-19(13)6/h12,17H,7-10H2,1-6H3. The largest absolute Gasteiger partial charge is 0.374 e. The van der Waals surface area contributed by atoms with Crippen LogP contribution in [0.2, 0.25) is 5.02 Å². The lowest BCUT2D eigenvalue weighted by atomic mass is 10.1. The first-order valence-electron chi connectivity index (χ1n) is 7.30. The molecule has 1 unspecified atom stereocenters. The van der Waals surface area contributed by atoms with Crippen molar-refractivity contribution in [2.45, 2.75) is 59.1 Å². The van der Waals surface area contributed by atoms with Crippen LogP contribution in [0.3, 0.4) is 0 Å². The molecule has 1 aromatic heterocycles. The van der Waals surface area contributed by atoms with Crippen LogP contribution >= 0.6 is 11.6 Å². The van der Waals surface area contributed by atoms with Crippen molar-refractivity contribution in [1.82, 2.24) is 15.1 Å². The van der Waals surface area contributed by atoms with Crippen LogP contribution in [0, 0.1) is 6.92 Å². The van der Waals surface area contributed by atoms with Crippen LogP contribution in [0.25, 0.3) is 0 Å². The molecule has 0 fully saturated rings. The number of aryl methyl sites for hydroxylation is 2. The molecule has 1 N–H and O–H groups in total. The second-order valence-electron chi connectivity index (χ2n) is 6.25. The van der Waals surface area contributed by atoms with Crippen LogP contribution in [-0.4, -0.2) is 34.6 Å². The number of nitrogens with zero attached hydrogens (tertiary/aromatic N) is 2. The molecule has 0 amide bonds. The Morgan fingerprint density at radius 2 is 2.05 bits per heavy atom. The van der Waals surface area contributed by atoms with Gasteiger partial charge in [0.25, 0.3) is 0 Å². The van der Waals surface area contributed by atoms with Gasteiger partial charge in [-0.2, -0.15) is 5.10 Å². The van der Waals surface area contributed by atoms with Crippen LogP contribution in [0.15, 0.2) is 0 Å². The van der Waals surface area contributed by atoms with Gasteiger partial charge in [-0.05, 0) is 40.7 Å². The van der Waals surface area contributed by atoms with Gasteiger partial charge >= 0.3 is 0 Å². The molecule has 5 heteroatoms. The zero-order chi connectivity index (χ0) is 15.3. The highest BCUT2D eigenvalue weighted by atomic mass is 35.5. The topological polar surface area (TPSA) is 39.1 Å². The third-order valence-corrected chi connectivity index (χ3v) is 3.59. The third-order valence-electron chi connectivity index (χ3n) is 3.10. The second kappa shape index (κ2) is 7.43. The molecule has 0 aromatic carbocycles. The first-order chi connectivity index (χ1) is 9.24. The summed E-state index contributed by atoms with van der Waals surface area (Å²) in [6.07, 6.45) is 1.93. The fourth-order valence-electron chi connectivity index (χ4n) is 2.02. The van der Waals surface area contributed by atoms with Crippen molar-refractivity contribution >= 4 is 11.6 Å². The minimum atomic E-state index is -0.127. The maximum absolute atomic E-state index is 6.33. The Labute approximate surface area is 127 Å². The first kappa shape index (κ1) is 17.5. The number of ether oxygens (including phenoxy) is 1. The number of hydrogen-bond acceptors (Lipinski definition) is 3. The van der Waals surface area contributed by atoms with Crippen LogP contribution in [0.1, 0.15) is 45.5 Å². The maximum Gasteiger partial charge on any atom is 0.0847 e. The molecule has 116 valence electrons. The van der Waals surface area contributed by atoms with Crippen LogP contribution < -0.4 is 5.32 Å². The van der Waals surface area contributed by atoms with Crippen molar-refractivity contribution < 1.29 is 4.74 Å². The Hall–Kier alpha value is -0.580. The van der Waals surface area contributed by atoms with Gasteiger partial charge in [-0.3, -0.25) is 4.68 Å². The van der Waals surface area contributed by atoms with Gasteiger partial charge in [0.05, 0.1) is 28.6 Å². The minimum Gasteiger partial charge on any atom is -0.374 e. The van der Waals surface area contributed by atoms with Gasteiger partial charge in [0.1, 0.15) is 0 Å². The summed E-state index contributed by atoms with van der Waals surface area (Å²) < 4.78 is 7.78. The maximum atomic E-state index is 6.33. The summed E-state index contributed by atoms with van der Waals surface area (Å²) in [6, 6.07) is 0.251. The third kappa shape index (κ3) is 5.43. The summed E-state index contributed by atoms with van der Waals surface area (Å²) in [7, 11) is 1.94. The molecule has 0 bridgehead atoms. The Bertz CT molecular complexity index is 423. The highest BCUT2D eigenvalue weighted by Gasteiger charge is 2.19. The molecular weight excluding hydrogens is 274 g/mol. The molecule has 0 aliphatic carbocycles. The summed E-state index contributed by atoms with van der Waals surface area (Å²) >= 11 is 6.33. The number of rotatable bonds is 7. The van der Waals surface area contributed by atoms with E-state index in [-0.39, 0.29) is 11.6 Å². The van der Waals surface area contributed by atoms with E-state index >= 15 is 0 Å². The van der Waals surface area contributed by atoms with E-state index in [9.17, 15) is 0 Å². The SMILES string of the molecule is CCCNC(COC(C)(C)C)Cc1c(Cl)c(C)nn1C. The lowest BCUT2D eigenvalue weighted by molar-refractivity contribution is -0.0145. The first-order valence-corrected chi connectivity index (χ1v) is 7.67. The van der Waals surface area contributed by atoms with Crippen molar-refractivity contribution in [2.24, 2.45) is 7.05 Å². The molecule has 0 saturated heterocycles. The molecule has 4 nitrogen and oxygen atoms in total. The van der Waals surface area contributed by atoms with Crippen molar-refractivity contribution in [1.29, 1.82) is 0 Å². The number of nitrogens with one attached hydrogen (secondary N) is 1. The Morgan fingerprint density at radius 3 is 2.50 bits per heavy atom. The zero-order valence-electron chi connectivity index (χ0n) is 13.6. The summed E-state index contributed by atoms with van der Waals surface area (Å²) in [5, 5.41) is 8.67. The van der Waals surface area contributed by atoms with Crippen LogP contribution in [0.5, 0.6) is 0 Å². The second-order valence-corrected chi connectivity index (χ2v) is 6.63. The smallest absolute Gasteiger partial charge is 0.0847 e. The molecule has 0 saturated carbocycles. The van der Waals surface area contributed by atoms with E-state index in [1.165, 1.54) is 0 Å². The van der Waals surface area contributed by atoms with Crippen molar-refractivity contribution in [3.63, 3.8) is 0 Å². The molecule has 0 radical (unpaired) electrons. The summed E-state index contributed by atoms with van der Waals surface area (Å²) in [5.74, 6) is 0. The Morgan fingerprint density at radius 1 is 1.40 bits per heavy atom. The molecule has 0 spiro atoms. The lowest BCUT2D eigenvalue weighted by Gasteiger charge is -2.25. The number of hydrogen-bond donors (Lipinski definition) is 1. The van der Waals surface area contributed by atoms with Gasteiger partial charge in [-0.1, -0.05) is 18.5 Å². The van der Waals surface area contributed by atoms with Crippen LogP contribution in [-0.2, 0) is 18.2 Å². The van der Waals surface area contributed by atoms with Gasteiger partial charge in [0.2, 0.25) is 0 Å². The van der Waals surface area contributed by atoms with E-state index in [1.807, 2.05) is 18.7 Å². The summed E-state index contributed by atoms with van der Waals surface area (Å²) in [5.41, 5.74) is 1.82. The fourth-order valence-corrected chi connectivity index (χ4v) is 2.26. The van der Waals surface area contributed by atoms with Gasteiger partial charge in [-0.25, -0.2) is 0 Å². The quantitative estimate of drug-likeness (QED) is 0.841. The molecule has 1 atom stereocenters. The molecular formula is C15H28ClN3O. The molecule has 20 heavy (non-hydrogen) atoms. The van der Waals surface area contributed by atoms with Gasteiger partial charge in [0, 0.05) is 19.5 Å². The molecule has 1 aromatic rings. The normalized spacial score (nSPS) is 13.8. The molecule has 1 rings (SSSR count). The highest BCUT2D eigenvalue weighted by Crippen LogP contribution is 2.21. The number of aromatic nitrogens is 2. The van der Waals surface area contributed by atoms with E-state index in [2.05, 4.69) is 38.1 Å². The highest BCUT2D eigenvalue weighted by molar-refractivity contribution is 6.31. The van der Waals surface area contributed by atoms with Gasteiger partial charge < -0.3 is 10.1 Å². The van der Waals surface area contributed by atoms with E-state index in [0.29, 0.717) is 6.61 Å². The van der Waals surface area contributed by atoms with Crippen molar-refractivity contribution in [2.75, 3.05) is 13.2 Å². The average Bonchev–Trinajstić information content (AvgIpc) is 2.57. The summed E-state index contributed by atoms with van der Waals surface area (Å²) in [6.45, 7) is 12.0. The number of halogens is 1. The zero-order valence-corrected chi connectivity index (χ0v) is 14.3. The van der Waals surface area contributed by atoms with E-state index in [0.717, 1.165) is 35.8 Å². The van der Waals surface area contributed by atoms with E-state index in [1.54, 1.807) is 0 Å². The van der Waals surface area contributed by atoms with Crippen LogP contribution in [0.4, 0.5) is 0 Å². The summed E-state index contributed by atoms with van der Waals surface area (Å²) in [4.78, 5) is 0. The fraction of sp³-hybridized carbons (Fsp3) is 0.800. The predicted octanol–water partition coefficient (Wildman–Crippen LogP) is 3.11. The predicted molar refractivity (Wildman–Crippen MR) is 84.4 cm³/mol. The molecule has 0 aliphatic rings. The monoisotopic (exact) mass is 301 g/mol. The average molecular weight is 302 g/mol. The lowest BCUT2D eigenvalue weighted by Crippen LogP contribution is -2.39. The van der Waals surface area contributed by atoms with Gasteiger partial charge in [-0.15, -0.1) is 0 Å². The van der Waals surface area contributed by atoms with Crippen molar-refractivity contribution in [3.05, 3.63) is 16.4 Å². The Balaban J connectivity index is 2.73. The van der Waals surface area contributed by atoms with Crippen molar-refractivity contribution in [3.8, 4) is 0 Å². The van der Waals surface area contributed by atoms with E-state index in [4.69, 9.17) is 16.3 Å².